The first kappa shape index (κ1) is 18.2. The molecule has 2 aromatic heterocycles. The second kappa shape index (κ2) is 8.10. The van der Waals surface area contributed by atoms with E-state index in [9.17, 15) is 4.79 Å². The van der Waals surface area contributed by atoms with Gasteiger partial charge in [-0.25, -0.2) is 9.78 Å². The van der Waals surface area contributed by atoms with Gasteiger partial charge in [-0.15, -0.1) is 0 Å². The molecule has 0 aliphatic rings. The summed E-state index contributed by atoms with van der Waals surface area (Å²) >= 11 is 1.72. The molecule has 2 rings (SSSR count). The molecular weight excluding hydrogens is 326 g/mol. The molecule has 2 N–H and O–H groups in total. The van der Waals surface area contributed by atoms with Gasteiger partial charge in [0.05, 0.1) is 24.2 Å². The van der Waals surface area contributed by atoms with Crippen LogP contribution in [0.1, 0.15) is 32.3 Å². The van der Waals surface area contributed by atoms with Gasteiger partial charge >= 0.3 is 6.09 Å². The van der Waals surface area contributed by atoms with E-state index in [1.807, 2.05) is 45.2 Å². The lowest BCUT2D eigenvalue weighted by Gasteiger charge is -2.19. The van der Waals surface area contributed by atoms with Crippen molar-refractivity contribution in [1.29, 1.82) is 0 Å². The van der Waals surface area contributed by atoms with E-state index < -0.39 is 11.7 Å². The van der Waals surface area contributed by atoms with Crippen molar-refractivity contribution in [2.75, 3.05) is 16.9 Å². The number of anilines is 2. The smallest absolute Gasteiger partial charge is 0.413 e. The number of hydrogen-bond acceptors (Lipinski definition) is 6. The quantitative estimate of drug-likeness (QED) is 0.800. The van der Waals surface area contributed by atoms with Crippen molar-refractivity contribution in [2.24, 2.45) is 0 Å². The van der Waals surface area contributed by atoms with E-state index in [2.05, 4.69) is 15.6 Å². The van der Waals surface area contributed by atoms with Gasteiger partial charge in [0.2, 0.25) is 0 Å². The Hall–Kier alpha value is -2.15. The first-order chi connectivity index (χ1) is 11.4. The number of ether oxygens (including phenoxy) is 1. The number of thioether (sulfide) groups is 1. The van der Waals surface area contributed by atoms with Crippen LogP contribution in [0, 0.1) is 0 Å². The van der Waals surface area contributed by atoms with E-state index in [-0.39, 0.29) is 0 Å². The molecule has 0 saturated heterocycles. The monoisotopic (exact) mass is 349 g/mol. The molecule has 2 heterocycles. The van der Waals surface area contributed by atoms with E-state index in [4.69, 9.17) is 9.15 Å². The van der Waals surface area contributed by atoms with E-state index >= 15 is 0 Å². The van der Waals surface area contributed by atoms with Crippen molar-refractivity contribution in [2.45, 2.75) is 38.7 Å². The average Bonchev–Trinajstić information content (AvgIpc) is 2.93. The molecule has 0 spiro atoms. The summed E-state index contributed by atoms with van der Waals surface area (Å²) in [5, 5.41) is 5.82. The third-order valence-corrected chi connectivity index (χ3v) is 3.44. The van der Waals surface area contributed by atoms with Gasteiger partial charge in [-0.2, -0.15) is 11.8 Å². The second-order valence-electron chi connectivity index (χ2n) is 6.21. The van der Waals surface area contributed by atoms with Crippen LogP contribution in [0.15, 0.2) is 34.9 Å². The molecule has 7 heteroatoms. The van der Waals surface area contributed by atoms with Crippen molar-refractivity contribution >= 4 is 29.4 Å². The minimum absolute atomic E-state index is 0.440. The molecule has 0 atom stereocenters. The van der Waals surface area contributed by atoms with Crippen LogP contribution in [0.3, 0.4) is 0 Å². The number of nitrogens with zero attached hydrogens (tertiary/aromatic N) is 1. The van der Waals surface area contributed by atoms with Crippen molar-refractivity contribution in [3.63, 3.8) is 0 Å². The Labute approximate surface area is 146 Å². The first-order valence-electron chi connectivity index (χ1n) is 7.62. The standard InChI is InChI=1S/C17H23N3O3S/c1-17(2,3)23-16(21)20-15-8-5-12(9-19-15)18-10-13-6-7-14(22-13)11-24-4/h5-9,18H,10-11H2,1-4H3,(H,19,20,21). The largest absolute Gasteiger partial charge is 0.463 e. The van der Waals surface area contributed by atoms with Crippen molar-refractivity contribution in [3.8, 4) is 0 Å². The van der Waals surface area contributed by atoms with Crippen LogP contribution in [0.5, 0.6) is 0 Å². The van der Waals surface area contributed by atoms with E-state index in [1.165, 1.54) is 0 Å². The Morgan fingerprint density at radius 1 is 1.25 bits per heavy atom. The van der Waals surface area contributed by atoms with Crippen LogP contribution in [0.2, 0.25) is 0 Å². The Bertz CT molecular complexity index is 662. The molecule has 0 unspecified atom stereocenters. The van der Waals surface area contributed by atoms with Crippen LogP contribution >= 0.6 is 11.8 Å². The number of carbonyl (C=O) groups excluding carboxylic acids is 1. The van der Waals surface area contributed by atoms with Gasteiger partial charge in [0, 0.05) is 0 Å². The fourth-order valence-corrected chi connectivity index (χ4v) is 2.35. The summed E-state index contributed by atoms with van der Waals surface area (Å²) in [5.74, 6) is 3.14. The number of hydrogen-bond donors (Lipinski definition) is 2. The maximum atomic E-state index is 11.7. The molecule has 1 amide bonds. The molecular formula is C17H23N3O3S. The minimum Gasteiger partial charge on any atom is -0.463 e. The molecule has 2 aromatic rings. The molecule has 6 nitrogen and oxygen atoms in total. The summed E-state index contributed by atoms with van der Waals surface area (Å²) in [6.45, 7) is 6.01. The Morgan fingerprint density at radius 3 is 2.62 bits per heavy atom. The van der Waals surface area contributed by atoms with Crippen molar-refractivity contribution in [3.05, 3.63) is 42.0 Å². The average molecular weight is 349 g/mol. The van der Waals surface area contributed by atoms with Gasteiger partial charge in [-0.1, -0.05) is 0 Å². The number of carbonyl (C=O) groups is 1. The maximum absolute atomic E-state index is 11.7. The molecule has 0 aliphatic heterocycles. The SMILES string of the molecule is CSCc1ccc(CNc2ccc(NC(=O)OC(C)(C)C)nc2)o1. The topological polar surface area (TPSA) is 76.4 Å². The van der Waals surface area contributed by atoms with Gasteiger partial charge < -0.3 is 14.5 Å². The van der Waals surface area contributed by atoms with Crippen LogP contribution in [-0.4, -0.2) is 22.9 Å². The summed E-state index contributed by atoms with van der Waals surface area (Å²) in [7, 11) is 0. The molecule has 24 heavy (non-hydrogen) atoms. The molecule has 130 valence electrons. The molecule has 0 aliphatic carbocycles. The zero-order valence-corrected chi connectivity index (χ0v) is 15.2. The van der Waals surface area contributed by atoms with Crippen LogP contribution in [0.4, 0.5) is 16.3 Å². The second-order valence-corrected chi connectivity index (χ2v) is 7.08. The predicted octanol–water partition coefficient (Wildman–Crippen LogP) is 4.50. The van der Waals surface area contributed by atoms with Crippen LogP contribution in [-0.2, 0) is 17.0 Å². The number of pyridine rings is 1. The lowest BCUT2D eigenvalue weighted by Crippen LogP contribution is -2.27. The van der Waals surface area contributed by atoms with Gasteiger partial charge in [0.15, 0.2) is 0 Å². The minimum atomic E-state index is -0.538. The fraction of sp³-hybridized carbons (Fsp3) is 0.412. The van der Waals surface area contributed by atoms with Crippen molar-refractivity contribution in [1.82, 2.24) is 4.98 Å². The highest BCUT2D eigenvalue weighted by Crippen LogP contribution is 2.16. The zero-order chi connectivity index (χ0) is 17.6. The summed E-state index contributed by atoms with van der Waals surface area (Å²) in [4.78, 5) is 15.9. The lowest BCUT2D eigenvalue weighted by atomic mass is 10.2. The van der Waals surface area contributed by atoms with Gasteiger partial charge in [-0.3, -0.25) is 5.32 Å². The first-order valence-corrected chi connectivity index (χ1v) is 9.01. The van der Waals surface area contributed by atoms with Crippen LogP contribution in [0.25, 0.3) is 0 Å². The zero-order valence-electron chi connectivity index (χ0n) is 14.4. The maximum Gasteiger partial charge on any atom is 0.413 e. The van der Waals surface area contributed by atoms with Gasteiger partial charge in [-0.05, 0) is 51.3 Å². The van der Waals surface area contributed by atoms with E-state index in [0.717, 1.165) is 23.0 Å². The van der Waals surface area contributed by atoms with Gasteiger partial charge in [0.1, 0.15) is 22.9 Å². The molecule has 0 aromatic carbocycles. The Morgan fingerprint density at radius 2 is 2.00 bits per heavy atom. The third-order valence-electron chi connectivity index (χ3n) is 2.86. The normalized spacial score (nSPS) is 11.2. The Balaban J connectivity index is 1.84. The highest BCUT2D eigenvalue weighted by atomic mass is 32.2. The molecule has 0 radical (unpaired) electrons. The molecule has 0 fully saturated rings. The third kappa shape index (κ3) is 6.16. The number of aromatic nitrogens is 1. The lowest BCUT2D eigenvalue weighted by molar-refractivity contribution is 0.0635. The number of amides is 1. The summed E-state index contributed by atoms with van der Waals surface area (Å²) in [6, 6.07) is 7.50. The van der Waals surface area contributed by atoms with Crippen molar-refractivity contribution < 1.29 is 13.9 Å². The number of rotatable bonds is 6. The molecule has 0 bridgehead atoms. The number of furan rings is 1. The Kier molecular flexibility index (Phi) is 6.14. The summed E-state index contributed by atoms with van der Waals surface area (Å²) < 4.78 is 10.9. The predicted molar refractivity (Wildman–Crippen MR) is 97.3 cm³/mol. The van der Waals surface area contributed by atoms with Gasteiger partial charge in [0.25, 0.3) is 0 Å². The highest BCUT2D eigenvalue weighted by Gasteiger charge is 2.16. The van der Waals surface area contributed by atoms with Crippen LogP contribution < -0.4 is 10.6 Å². The fourth-order valence-electron chi connectivity index (χ4n) is 1.91. The number of nitrogens with one attached hydrogen (secondary N) is 2. The summed E-state index contributed by atoms with van der Waals surface area (Å²) in [6.07, 6.45) is 3.17. The molecule has 0 saturated carbocycles. The highest BCUT2D eigenvalue weighted by molar-refractivity contribution is 7.97. The van der Waals surface area contributed by atoms with E-state index in [1.54, 1.807) is 24.0 Å². The summed E-state index contributed by atoms with van der Waals surface area (Å²) in [5.41, 5.74) is 0.302. The van der Waals surface area contributed by atoms with E-state index in [0.29, 0.717) is 12.4 Å².